The van der Waals surface area contributed by atoms with E-state index in [1.54, 1.807) is 38.4 Å². The lowest BCUT2D eigenvalue weighted by Crippen LogP contribution is -2.21. The molecule has 1 amide bonds. The van der Waals surface area contributed by atoms with Gasteiger partial charge in [0.1, 0.15) is 0 Å². The Morgan fingerprint density at radius 3 is 2.63 bits per heavy atom. The highest BCUT2D eigenvalue weighted by molar-refractivity contribution is 7.99. The molecule has 0 saturated carbocycles. The molecule has 0 aliphatic carbocycles. The first-order valence-electron chi connectivity index (χ1n) is 13.3. The molecule has 0 aliphatic rings. The van der Waals surface area contributed by atoms with Crippen LogP contribution in [-0.2, 0) is 14.1 Å². The summed E-state index contributed by atoms with van der Waals surface area (Å²) in [4.78, 5) is 30.9. The molecule has 0 fully saturated rings. The number of nitrogens with one attached hydrogen (secondary N) is 1. The summed E-state index contributed by atoms with van der Waals surface area (Å²) >= 11 is 2.71. The van der Waals surface area contributed by atoms with Crippen LogP contribution in [0, 0.1) is 5.92 Å². The fraction of sp³-hybridized carbons (Fsp3) is 0.161. The van der Waals surface area contributed by atoms with Gasteiger partial charge in [-0.3, -0.25) is 19.1 Å². The summed E-state index contributed by atoms with van der Waals surface area (Å²) in [6.45, 7) is 1.65. The number of nitrogens with zero attached hydrogens (tertiary/aromatic N) is 3. The van der Waals surface area contributed by atoms with Gasteiger partial charge in [-0.2, -0.15) is 9.55 Å². The first kappa shape index (κ1) is 30.3. The van der Waals surface area contributed by atoms with Crippen molar-refractivity contribution in [2.24, 2.45) is 5.92 Å². The lowest BCUT2D eigenvalue weighted by molar-refractivity contribution is -0.144. The number of hydrogen-bond donors (Lipinski definition) is 1. The number of methoxy groups -OCH3 is 1. The number of ether oxygens (including phenoxy) is 1. The number of benzene rings is 2. The highest BCUT2D eigenvalue weighted by atomic mass is 32.2. The van der Waals surface area contributed by atoms with E-state index in [-0.39, 0.29) is 12.1 Å². The molecule has 3 heterocycles. The van der Waals surface area contributed by atoms with Crippen LogP contribution >= 0.6 is 30.6 Å². The number of aromatic nitrogens is 3. The minimum Gasteiger partial charge on any atom is -0.469 e. The van der Waals surface area contributed by atoms with Crippen LogP contribution in [0.5, 0.6) is 5.06 Å². The number of carbonyl (C=O) groups is 2. The molecular formula is C31H29N4O5PS2. The van der Waals surface area contributed by atoms with E-state index in [2.05, 4.69) is 10.3 Å². The van der Waals surface area contributed by atoms with Gasteiger partial charge in [0.15, 0.2) is 5.06 Å². The Morgan fingerprint density at radius 2 is 1.91 bits per heavy atom. The SMILES string of the molecule is CNC(=O)c1ccccc1Sc1ccc2c(/C=C/c3ccccn3)nn(P(=O)(C[C@@H](C)C(=O)OC)Oc3cccs3)c2c1. The zero-order valence-electron chi connectivity index (χ0n) is 23.7. The second-order valence-corrected chi connectivity index (χ2v) is 13.7. The van der Waals surface area contributed by atoms with Gasteiger partial charge >= 0.3 is 13.5 Å². The number of fused-ring (bicyclic) bond motifs is 1. The highest BCUT2D eigenvalue weighted by Crippen LogP contribution is 2.53. The predicted molar refractivity (Wildman–Crippen MR) is 171 cm³/mol. The average molecular weight is 633 g/mol. The van der Waals surface area contributed by atoms with Crippen LogP contribution in [-0.4, -0.2) is 46.7 Å². The molecule has 0 saturated heterocycles. The summed E-state index contributed by atoms with van der Waals surface area (Å²) < 4.78 is 27.4. The number of amides is 1. The average Bonchev–Trinajstić information content (AvgIpc) is 3.67. The maximum Gasteiger partial charge on any atom is 0.365 e. The van der Waals surface area contributed by atoms with E-state index in [0.717, 1.165) is 20.9 Å². The van der Waals surface area contributed by atoms with Crippen molar-refractivity contribution < 1.29 is 23.4 Å². The molecule has 0 spiro atoms. The topological polar surface area (TPSA) is 112 Å². The van der Waals surface area contributed by atoms with E-state index in [1.807, 2.05) is 72.1 Å². The van der Waals surface area contributed by atoms with E-state index in [1.165, 1.54) is 34.7 Å². The van der Waals surface area contributed by atoms with E-state index >= 15 is 0 Å². The summed E-state index contributed by atoms with van der Waals surface area (Å²) in [5.74, 6) is -1.41. The molecule has 1 N–H and O–H groups in total. The minimum absolute atomic E-state index is 0.130. The summed E-state index contributed by atoms with van der Waals surface area (Å²) in [5, 5.41) is 10.5. The van der Waals surface area contributed by atoms with Gasteiger partial charge in [0.25, 0.3) is 5.91 Å². The fourth-order valence-electron chi connectivity index (χ4n) is 4.40. The Balaban J connectivity index is 1.65. The van der Waals surface area contributed by atoms with Gasteiger partial charge in [0.2, 0.25) is 0 Å². The van der Waals surface area contributed by atoms with Gasteiger partial charge in [-0.15, -0.1) is 11.3 Å². The molecule has 0 aliphatic heterocycles. The molecule has 5 aromatic rings. The molecule has 0 radical (unpaired) electrons. The molecule has 9 nitrogen and oxygen atoms in total. The van der Waals surface area contributed by atoms with Gasteiger partial charge in [-0.05, 0) is 72.1 Å². The number of thiophene rings is 1. The third-order valence-corrected chi connectivity index (χ3v) is 10.8. The van der Waals surface area contributed by atoms with Crippen LogP contribution in [0.4, 0.5) is 0 Å². The molecule has 3 aromatic heterocycles. The zero-order chi connectivity index (χ0) is 30.4. The smallest absolute Gasteiger partial charge is 0.365 e. The molecule has 2 aromatic carbocycles. The Labute approximate surface area is 257 Å². The molecule has 43 heavy (non-hydrogen) atoms. The van der Waals surface area contributed by atoms with Crippen LogP contribution in [0.1, 0.15) is 28.7 Å². The van der Waals surface area contributed by atoms with Crippen molar-refractivity contribution in [2.75, 3.05) is 20.3 Å². The molecule has 12 heteroatoms. The fourth-order valence-corrected chi connectivity index (χ4v) is 8.56. The lowest BCUT2D eigenvalue weighted by Gasteiger charge is -2.22. The normalized spacial score (nSPS) is 13.5. The van der Waals surface area contributed by atoms with E-state index in [0.29, 0.717) is 21.8 Å². The van der Waals surface area contributed by atoms with Crippen molar-refractivity contribution in [1.29, 1.82) is 0 Å². The summed E-state index contributed by atoms with van der Waals surface area (Å²) in [6.07, 6.45) is 5.22. The maximum atomic E-state index is 14.8. The van der Waals surface area contributed by atoms with Gasteiger partial charge in [-0.25, -0.2) is 0 Å². The van der Waals surface area contributed by atoms with Gasteiger partial charge in [-0.1, -0.05) is 36.9 Å². The molecular weight excluding hydrogens is 603 g/mol. The third kappa shape index (κ3) is 6.91. The molecule has 2 atom stereocenters. The van der Waals surface area contributed by atoms with Crippen LogP contribution in [0.25, 0.3) is 23.1 Å². The van der Waals surface area contributed by atoms with E-state index in [9.17, 15) is 14.2 Å². The highest BCUT2D eigenvalue weighted by Gasteiger charge is 2.36. The number of carbonyl (C=O) groups excluding carboxylic acids is 2. The molecule has 5 rings (SSSR count). The quantitative estimate of drug-likeness (QED) is 0.121. The second kappa shape index (κ2) is 13.4. The Morgan fingerprint density at radius 1 is 1.09 bits per heavy atom. The maximum absolute atomic E-state index is 14.8. The standard InChI is InChI=1S/C31H29N4O5PS2/c1-21(31(37)39-3)20-41(38,40-29-12-8-18-42-29)35-27-19-23(43-28-11-5-4-10-25(28)30(36)32-2)14-15-24(27)26(34-35)16-13-22-9-6-7-17-33-22/h4-19,21H,20H2,1-3H3,(H,32,36)/b16-13+/t21-,41?/m1/s1. The number of esters is 1. The van der Waals surface area contributed by atoms with Crippen molar-refractivity contribution in [3.05, 3.63) is 101 Å². The van der Waals surface area contributed by atoms with Crippen LogP contribution in [0.3, 0.4) is 0 Å². The van der Waals surface area contributed by atoms with Crippen molar-refractivity contribution >= 4 is 65.5 Å². The van der Waals surface area contributed by atoms with Gasteiger partial charge in [0, 0.05) is 28.4 Å². The largest absolute Gasteiger partial charge is 0.469 e. The summed E-state index contributed by atoms with van der Waals surface area (Å²) in [7, 11) is -0.952. The lowest BCUT2D eigenvalue weighted by atomic mass is 10.2. The van der Waals surface area contributed by atoms with Gasteiger partial charge in [0.05, 0.1) is 41.7 Å². The Hall–Kier alpha value is -4.18. The number of hydrogen-bond acceptors (Lipinski definition) is 9. The molecule has 1 unspecified atom stereocenters. The minimum atomic E-state index is -3.84. The summed E-state index contributed by atoms with van der Waals surface area (Å²) in [5.41, 5.74) is 2.39. The van der Waals surface area contributed by atoms with Crippen molar-refractivity contribution in [1.82, 2.24) is 19.9 Å². The van der Waals surface area contributed by atoms with Crippen LogP contribution < -0.4 is 9.84 Å². The van der Waals surface area contributed by atoms with Crippen LogP contribution in [0.2, 0.25) is 0 Å². The number of rotatable bonds is 11. The molecule has 220 valence electrons. The Kier molecular flexibility index (Phi) is 9.45. The predicted octanol–water partition coefficient (Wildman–Crippen LogP) is 7.10. The van der Waals surface area contributed by atoms with E-state index in [4.69, 9.17) is 14.4 Å². The summed E-state index contributed by atoms with van der Waals surface area (Å²) in [6, 6.07) is 22.2. The monoisotopic (exact) mass is 632 g/mol. The van der Waals surface area contributed by atoms with Crippen molar-refractivity contribution in [3.8, 4) is 5.06 Å². The van der Waals surface area contributed by atoms with Crippen molar-refractivity contribution in [2.45, 2.75) is 16.7 Å². The van der Waals surface area contributed by atoms with Crippen LogP contribution in [0.15, 0.2) is 94.2 Å². The number of pyridine rings is 1. The first-order chi connectivity index (χ1) is 20.8. The van der Waals surface area contributed by atoms with Gasteiger partial charge < -0.3 is 14.6 Å². The third-order valence-electron chi connectivity index (χ3n) is 6.47. The second-order valence-electron chi connectivity index (χ2n) is 9.49. The molecule has 0 bridgehead atoms. The van der Waals surface area contributed by atoms with E-state index < -0.39 is 19.4 Å². The first-order valence-corrected chi connectivity index (χ1v) is 16.8. The Bertz CT molecular complexity index is 1820. The van der Waals surface area contributed by atoms with Crippen molar-refractivity contribution in [3.63, 3.8) is 0 Å². The zero-order valence-corrected chi connectivity index (χ0v) is 26.2.